The maximum Gasteiger partial charge on any atom is 0.267 e. The highest BCUT2D eigenvalue weighted by atomic mass is 32.1. The number of carbonyl (C=O) groups is 4. The molecule has 0 unspecified atom stereocenters. The van der Waals surface area contributed by atoms with Gasteiger partial charge >= 0.3 is 0 Å². The number of anilines is 3. The fraction of sp³-hybridized carbons (Fsp3) is 0.115. The van der Waals surface area contributed by atoms with E-state index in [2.05, 4.69) is 15.6 Å². The van der Waals surface area contributed by atoms with Crippen LogP contribution in [-0.2, 0) is 9.59 Å². The summed E-state index contributed by atoms with van der Waals surface area (Å²) in [6.07, 6.45) is 0. The molecule has 0 saturated heterocycles. The fourth-order valence-corrected chi connectivity index (χ4v) is 4.43. The molecular formula is C26H22N4O5S. The average Bonchev–Trinajstić information content (AvgIpc) is 3.26. The Kier molecular flexibility index (Phi) is 7.07. The summed E-state index contributed by atoms with van der Waals surface area (Å²) in [7, 11) is 1.55. The molecule has 182 valence electrons. The summed E-state index contributed by atoms with van der Waals surface area (Å²) in [4.78, 5) is 55.4. The summed E-state index contributed by atoms with van der Waals surface area (Å²) in [5.41, 5.74) is 2.15. The number of methoxy groups -OCH3 is 1. The lowest BCUT2D eigenvalue weighted by molar-refractivity contribution is -0.115. The molecule has 10 heteroatoms. The molecule has 1 aromatic heterocycles. The van der Waals surface area contributed by atoms with Gasteiger partial charge < -0.3 is 15.4 Å². The number of thiazole rings is 1. The molecule has 4 amide bonds. The van der Waals surface area contributed by atoms with Gasteiger partial charge in [-0.15, -0.1) is 0 Å². The van der Waals surface area contributed by atoms with Crippen LogP contribution in [0, 0.1) is 0 Å². The Bertz CT molecular complexity index is 1390. The number of fused-ring (bicyclic) bond motifs is 1. The first kappa shape index (κ1) is 24.6. The molecule has 2 N–H and O–H groups in total. The van der Waals surface area contributed by atoms with Crippen molar-refractivity contribution in [1.82, 2.24) is 4.98 Å². The number of rotatable bonds is 6. The predicted octanol–water partition coefficient (Wildman–Crippen LogP) is 4.71. The van der Waals surface area contributed by atoms with E-state index >= 15 is 0 Å². The van der Waals surface area contributed by atoms with Crippen molar-refractivity contribution in [2.75, 3.05) is 22.6 Å². The standard InChI is InChI=1S/C26H22N4O5S/c1-15(31)27-19-8-4-17(5-9-19)24(33)30(25(34)18-6-10-20(11-7-18)28-16(2)32)26-29-22-13-12-21(35-3)14-23(22)36-26/h4-14H,1-3H3,(H,27,31)(H,28,32). The van der Waals surface area contributed by atoms with Gasteiger partial charge in [0.2, 0.25) is 16.9 Å². The molecular weight excluding hydrogens is 480 g/mol. The number of hydrogen-bond acceptors (Lipinski definition) is 7. The third-order valence-corrected chi connectivity index (χ3v) is 6.09. The first-order chi connectivity index (χ1) is 17.2. The van der Waals surface area contributed by atoms with Gasteiger partial charge in [-0.3, -0.25) is 19.2 Å². The summed E-state index contributed by atoms with van der Waals surface area (Å²) >= 11 is 1.18. The molecule has 0 atom stereocenters. The van der Waals surface area contributed by atoms with E-state index in [-0.39, 0.29) is 28.1 Å². The molecule has 0 aliphatic heterocycles. The highest BCUT2D eigenvalue weighted by Crippen LogP contribution is 2.33. The van der Waals surface area contributed by atoms with Crippen LogP contribution in [-0.4, -0.2) is 35.7 Å². The monoisotopic (exact) mass is 502 g/mol. The number of amides is 4. The van der Waals surface area contributed by atoms with Gasteiger partial charge in [-0.2, -0.15) is 0 Å². The van der Waals surface area contributed by atoms with Crippen molar-refractivity contribution < 1.29 is 23.9 Å². The minimum Gasteiger partial charge on any atom is -0.497 e. The molecule has 0 aliphatic carbocycles. The van der Waals surface area contributed by atoms with Crippen LogP contribution in [0.5, 0.6) is 5.75 Å². The molecule has 1 heterocycles. The third-order valence-electron chi connectivity index (χ3n) is 5.09. The van der Waals surface area contributed by atoms with Crippen molar-refractivity contribution in [2.24, 2.45) is 0 Å². The Morgan fingerprint density at radius 1 is 0.778 bits per heavy atom. The summed E-state index contributed by atoms with van der Waals surface area (Å²) in [6, 6.07) is 17.8. The van der Waals surface area contributed by atoms with Crippen molar-refractivity contribution in [1.29, 1.82) is 0 Å². The third kappa shape index (κ3) is 5.39. The molecule has 36 heavy (non-hydrogen) atoms. The molecule has 9 nitrogen and oxygen atoms in total. The summed E-state index contributed by atoms with van der Waals surface area (Å²) in [5, 5.41) is 5.49. The number of benzene rings is 3. The van der Waals surface area contributed by atoms with Crippen LogP contribution in [0.2, 0.25) is 0 Å². The Morgan fingerprint density at radius 3 is 1.72 bits per heavy atom. The second-order valence-electron chi connectivity index (χ2n) is 7.79. The van der Waals surface area contributed by atoms with Crippen LogP contribution < -0.4 is 20.3 Å². The zero-order valence-corrected chi connectivity index (χ0v) is 20.5. The second kappa shape index (κ2) is 10.4. The van der Waals surface area contributed by atoms with Gasteiger partial charge in [0.15, 0.2) is 0 Å². The molecule has 0 bridgehead atoms. The van der Waals surface area contributed by atoms with E-state index in [0.29, 0.717) is 22.6 Å². The van der Waals surface area contributed by atoms with E-state index in [0.717, 1.165) is 9.60 Å². The zero-order valence-electron chi connectivity index (χ0n) is 19.7. The van der Waals surface area contributed by atoms with Crippen molar-refractivity contribution in [3.05, 3.63) is 77.9 Å². The van der Waals surface area contributed by atoms with Gasteiger partial charge in [-0.1, -0.05) is 11.3 Å². The van der Waals surface area contributed by atoms with Crippen molar-refractivity contribution >= 4 is 61.7 Å². The van der Waals surface area contributed by atoms with Crippen LogP contribution in [0.25, 0.3) is 10.2 Å². The fourth-order valence-electron chi connectivity index (χ4n) is 3.44. The number of hydrogen-bond donors (Lipinski definition) is 2. The predicted molar refractivity (Wildman–Crippen MR) is 139 cm³/mol. The van der Waals surface area contributed by atoms with E-state index in [4.69, 9.17) is 4.74 Å². The van der Waals surface area contributed by atoms with Gasteiger partial charge in [-0.05, 0) is 66.7 Å². The van der Waals surface area contributed by atoms with Gasteiger partial charge in [0.25, 0.3) is 11.8 Å². The molecule has 0 aliphatic rings. The number of ether oxygens (including phenoxy) is 1. The largest absolute Gasteiger partial charge is 0.497 e. The van der Waals surface area contributed by atoms with E-state index in [9.17, 15) is 19.2 Å². The molecule has 0 saturated carbocycles. The van der Waals surface area contributed by atoms with Gasteiger partial charge in [0.05, 0.1) is 17.3 Å². The number of aromatic nitrogens is 1. The molecule has 4 rings (SSSR count). The van der Waals surface area contributed by atoms with Gasteiger partial charge in [0.1, 0.15) is 5.75 Å². The Labute approximate surface area is 210 Å². The van der Waals surface area contributed by atoms with Crippen LogP contribution in [0.1, 0.15) is 34.6 Å². The Hall–Kier alpha value is -4.57. The van der Waals surface area contributed by atoms with Crippen molar-refractivity contribution in [2.45, 2.75) is 13.8 Å². The first-order valence-corrected chi connectivity index (χ1v) is 11.7. The van der Waals surface area contributed by atoms with Gasteiger partial charge in [-0.25, -0.2) is 9.88 Å². The van der Waals surface area contributed by atoms with Crippen LogP contribution in [0.3, 0.4) is 0 Å². The second-order valence-corrected chi connectivity index (χ2v) is 8.80. The lowest BCUT2D eigenvalue weighted by Crippen LogP contribution is -2.37. The lowest BCUT2D eigenvalue weighted by Gasteiger charge is -2.18. The van der Waals surface area contributed by atoms with Crippen LogP contribution >= 0.6 is 11.3 Å². The molecule has 0 radical (unpaired) electrons. The van der Waals surface area contributed by atoms with Crippen LogP contribution in [0.15, 0.2) is 66.7 Å². The first-order valence-electron chi connectivity index (χ1n) is 10.8. The Balaban J connectivity index is 1.74. The van der Waals surface area contributed by atoms with Gasteiger partial charge in [0, 0.05) is 36.3 Å². The van der Waals surface area contributed by atoms with E-state index < -0.39 is 11.8 Å². The molecule has 4 aromatic rings. The minimum atomic E-state index is -0.577. The Morgan fingerprint density at radius 2 is 1.28 bits per heavy atom. The van der Waals surface area contributed by atoms with E-state index in [1.54, 1.807) is 49.6 Å². The summed E-state index contributed by atoms with van der Waals surface area (Å²) < 4.78 is 6.02. The minimum absolute atomic E-state index is 0.199. The highest BCUT2D eigenvalue weighted by Gasteiger charge is 2.29. The smallest absolute Gasteiger partial charge is 0.267 e. The maximum absolute atomic E-state index is 13.6. The number of carbonyl (C=O) groups excluding carboxylic acids is 4. The van der Waals surface area contributed by atoms with Crippen molar-refractivity contribution in [3.8, 4) is 5.75 Å². The van der Waals surface area contributed by atoms with Crippen molar-refractivity contribution in [3.63, 3.8) is 0 Å². The normalized spacial score (nSPS) is 10.5. The molecule has 0 fully saturated rings. The maximum atomic E-state index is 13.6. The summed E-state index contributed by atoms with van der Waals surface area (Å²) in [6.45, 7) is 2.78. The average molecular weight is 503 g/mol. The number of nitrogens with one attached hydrogen (secondary N) is 2. The number of nitrogens with zero attached hydrogens (tertiary/aromatic N) is 2. The van der Waals surface area contributed by atoms with E-state index in [1.165, 1.54) is 49.4 Å². The zero-order chi connectivity index (χ0) is 25.8. The quantitative estimate of drug-likeness (QED) is 0.369. The lowest BCUT2D eigenvalue weighted by atomic mass is 10.1. The summed E-state index contributed by atoms with van der Waals surface area (Å²) in [5.74, 6) is -1.00. The van der Waals surface area contributed by atoms with E-state index in [1.807, 2.05) is 0 Å². The number of imide groups is 1. The molecule has 0 spiro atoms. The highest BCUT2D eigenvalue weighted by molar-refractivity contribution is 7.22. The SMILES string of the molecule is COc1ccc2nc(N(C(=O)c3ccc(NC(C)=O)cc3)C(=O)c3ccc(NC(C)=O)cc3)sc2c1. The topological polar surface area (TPSA) is 118 Å². The van der Waals surface area contributed by atoms with Crippen LogP contribution in [0.4, 0.5) is 16.5 Å². The molecule has 3 aromatic carbocycles.